The van der Waals surface area contributed by atoms with Crippen LogP contribution >= 0.6 is 0 Å². The molecule has 0 bridgehead atoms. The summed E-state index contributed by atoms with van der Waals surface area (Å²) >= 11 is 0. The molecule has 0 fully saturated rings. The molecule has 0 unspecified atom stereocenters. The predicted octanol–water partition coefficient (Wildman–Crippen LogP) is 3.43. The molecule has 1 N–H and O–H groups in total. The number of carbonyl (C=O) groups is 3. The van der Waals surface area contributed by atoms with Crippen molar-refractivity contribution in [1.29, 1.82) is 0 Å². The molecule has 1 heterocycles. The van der Waals surface area contributed by atoms with E-state index in [1.165, 1.54) is 0 Å². The van der Waals surface area contributed by atoms with Crippen molar-refractivity contribution in [3.8, 4) is 0 Å². The number of carbonyl (C=O) groups excluding carboxylic acids is 3. The highest BCUT2D eigenvalue weighted by Gasteiger charge is 2.34. The number of para-hydroxylation sites is 1. The molecule has 128 valence electrons. The summed E-state index contributed by atoms with van der Waals surface area (Å²) in [5, 5.41) is 2.88. The molecule has 2 aromatic carbocycles. The fraction of sp³-hybridized carbons (Fsp3) is 0.250. The van der Waals surface area contributed by atoms with Crippen LogP contribution in [0.25, 0.3) is 0 Å². The van der Waals surface area contributed by atoms with Crippen LogP contribution in [-0.2, 0) is 4.79 Å². The average molecular weight is 336 g/mol. The van der Waals surface area contributed by atoms with E-state index < -0.39 is 0 Å². The van der Waals surface area contributed by atoms with Crippen LogP contribution in [0.2, 0.25) is 0 Å². The highest BCUT2D eigenvalue weighted by molar-refractivity contribution is 6.21. The number of imide groups is 1. The second-order valence-electron chi connectivity index (χ2n) is 6.35. The van der Waals surface area contributed by atoms with Crippen LogP contribution in [0.4, 0.5) is 5.69 Å². The Morgan fingerprint density at radius 1 is 0.960 bits per heavy atom. The monoisotopic (exact) mass is 336 g/mol. The number of amides is 3. The highest BCUT2D eigenvalue weighted by atomic mass is 16.2. The number of nitrogens with one attached hydrogen (secondary N) is 1. The van der Waals surface area contributed by atoms with Gasteiger partial charge in [0.05, 0.1) is 11.1 Å². The summed E-state index contributed by atoms with van der Waals surface area (Å²) in [5.74, 6) is -0.607. The van der Waals surface area contributed by atoms with Crippen LogP contribution in [-0.4, -0.2) is 29.2 Å². The summed E-state index contributed by atoms with van der Waals surface area (Å²) in [6.07, 6.45) is 0.0674. The van der Waals surface area contributed by atoms with Gasteiger partial charge in [-0.2, -0.15) is 0 Å². The molecule has 3 amide bonds. The molecule has 0 saturated carbocycles. The van der Waals surface area contributed by atoms with Crippen LogP contribution in [0.1, 0.15) is 52.5 Å². The van der Waals surface area contributed by atoms with E-state index >= 15 is 0 Å². The van der Waals surface area contributed by atoms with Crippen molar-refractivity contribution >= 4 is 23.4 Å². The topological polar surface area (TPSA) is 66.5 Å². The molecule has 2 aromatic rings. The summed E-state index contributed by atoms with van der Waals surface area (Å²) < 4.78 is 0. The zero-order valence-corrected chi connectivity index (χ0v) is 14.3. The van der Waals surface area contributed by atoms with Crippen molar-refractivity contribution in [2.24, 2.45) is 0 Å². The molecule has 3 rings (SSSR count). The number of hydrogen-bond donors (Lipinski definition) is 1. The molecule has 0 radical (unpaired) electrons. The van der Waals surface area contributed by atoms with Crippen LogP contribution < -0.4 is 5.32 Å². The van der Waals surface area contributed by atoms with Gasteiger partial charge in [0, 0.05) is 18.7 Å². The van der Waals surface area contributed by atoms with Crippen LogP contribution in [0.5, 0.6) is 0 Å². The van der Waals surface area contributed by atoms with E-state index in [0.717, 1.165) is 16.2 Å². The predicted molar refractivity (Wildman–Crippen MR) is 95.6 cm³/mol. The first kappa shape index (κ1) is 16.9. The Hall–Kier alpha value is -2.95. The maximum atomic E-state index is 12.3. The van der Waals surface area contributed by atoms with Crippen molar-refractivity contribution in [2.45, 2.75) is 26.2 Å². The minimum Gasteiger partial charge on any atom is -0.326 e. The first-order chi connectivity index (χ1) is 12.0. The largest absolute Gasteiger partial charge is 0.326 e. The Bertz CT molecular complexity index is 807. The summed E-state index contributed by atoms with van der Waals surface area (Å²) in [5.41, 5.74) is 2.62. The Kier molecular flexibility index (Phi) is 4.65. The van der Waals surface area contributed by atoms with Gasteiger partial charge < -0.3 is 5.32 Å². The maximum Gasteiger partial charge on any atom is 0.261 e. The quantitative estimate of drug-likeness (QED) is 0.851. The minimum absolute atomic E-state index is 0.0674. The van der Waals surface area contributed by atoms with E-state index in [1.807, 2.05) is 24.3 Å². The second kappa shape index (κ2) is 6.89. The van der Waals surface area contributed by atoms with Gasteiger partial charge in [0.25, 0.3) is 11.8 Å². The number of fused-ring (bicyclic) bond motifs is 1. The molecule has 5 nitrogen and oxygen atoms in total. The number of nitrogens with zero attached hydrogens (tertiary/aromatic N) is 1. The van der Waals surface area contributed by atoms with E-state index in [4.69, 9.17) is 0 Å². The molecule has 1 aliphatic heterocycles. The molecule has 5 heteroatoms. The van der Waals surface area contributed by atoms with Crippen molar-refractivity contribution < 1.29 is 14.4 Å². The van der Waals surface area contributed by atoms with E-state index in [2.05, 4.69) is 19.2 Å². The Labute approximate surface area is 146 Å². The standard InChI is InChI=1S/C20H20N2O3/c1-13(2)14-7-5-6-10-17(14)21-18(23)11-12-22-19(24)15-8-3-4-9-16(15)20(22)25/h3-10,13H,11-12H2,1-2H3,(H,21,23). The number of rotatable bonds is 5. The third-order valence-corrected chi connectivity index (χ3v) is 4.30. The van der Waals surface area contributed by atoms with Gasteiger partial charge in [-0.1, -0.05) is 44.2 Å². The molecule has 0 atom stereocenters. The minimum atomic E-state index is -0.337. The molecule has 0 aliphatic carbocycles. The van der Waals surface area contributed by atoms with Crippen molar-refractivity contribution in [2.75, 3.05) is 11.9 Å². The molecule has 0 aromatic heterocycles. The third kappa shape index (κ3) is 3.31. The maximum absolute atomic E-state index is 12.3. The van der Waals surface area contributed by atoms with Crippen LogP contribution in [0.15, 0.2) is 48.5 Å². The van der Waals surface area contributed by atoms with E-state index in [0.29, 0.717) is 11.1 Å². The molecule has 1 aliphatic rings. The summed E-state index contributed by atoms with van der Waals surface area (Å²) in [7, 11) is 0. The lowest BCUT2D eigenvalue weighted by atomic mass is 10.0. The molecule has 0 saturated heterocycles. The summed E-state index contributed by atoms with van der Waals surface area (Å²) in [6.45, 7) is 4.19. The lowest BCUT2D eigenvalue weighted by Gasteiger charge is -2.16. The van der Waals surface area contributed by atoms with E-state index in [-0.39, 0.29) is 36.6 Å². The smallest absolute Gasteiger partial charge is 0.261 e. The average Bonchev–Trinajstić information content (AvgIpc) is 2.85. The summed E-state index contributed by atoms with van der Waals surface area (Å²) in [4.78, 5) is 38.0. The van der Waals surface area contributed by atoms with Crippen LogP contribution in [0, 0.1) is 0 Å². The highest BCUT2D eigenvalue weighted by Crippen LogP contribution is 2.25. The Morgan fingerprint density at radius 3 is 2.12 bits per heavy atom. The van der Waals surface area contributed by atoms with Crippen LogP contribution in [0.3, 0.4) is 0 Å². The zero-order valence-electron chi connectivity index (χ0n) is 14.3. The molecule has 25 heavy (non-hydrogen) atoms. The van der Waals surface area contributed by atoms with Gasteiger partial charge >= 0.3 is 0 Å². The fourth-order valence-electron chi connectivity index (χ4n) is 2.98. The lowest BCUT2D eigenvalue weighted by Crippen LogP contribution is -2.33. The summed E-state index contributed by atoms with van der Waals surface area (Å²) in [6, 6.07) is 14.4. The first-order valence-electron chi connectivity index (χ1n) is 8.33. The van der Waals surface area contributed by atoms with Gasteiger partial charge in [-0.15, -0.1) is 0 Å². The van der Waals surface area contributed by atoms with Crippen molar-refractivity contribution in [3.05, 3.63) is 65.2 Å². The van der Waals surface area contributed by atoms with Gasteiger partial charge in [0.2, 0.25) is 5.91 Å². The van der Waals surface area contributed by atoms with E-state index in [1.54, 1.807) is 24.3 Å². The SMILES string of the molecule is CC(C)c1ccccc1NC(=O)CCN1C(=O)c2ccccc2C1=O. The Morgan fingerprint density at radius 2 is 1.52 bits per heavy atom. The second-order valence-corrected chi connectivity index (χ2v) is 6.35. The zero-order chi connectivity index (χ0) is 18.0. The first-order valence-corrected chi connectivity index (χ1v) is 8.33. The number of hydrogen-bond acceptors (Lipinski definition) is 3. The number of anilines is 1. The van der Waals surface area contributed by atoms with Crippen molar-refractivity contribution in [1.82, 2.24) is 4.90 Å². The fourth-order valence-corrected chi connectivity index (χ4v) is 2.98. The normalized spacial score (nSPS) is 13.3. The molecular weight excluding hydrogens is 316 g/mol. The van der Waals surface area contributed by atoms with Crippen molar-refractivity contribution in [3.63, 3.8) is 0 Å². The third-order valence-electron chi connectivity index (χ3n) is 4.30. The lowest BCUT2D eigenvalue weighted by molar-refractivity contribution is -0.116. The number of benzene rings is 2. The Balaban J connectivity index is 1.64. The van der Waals surface area contributed by atoms with E-state index in [9.17, 15) is 14.4 Å². The van der Waals surface area contributed by atoms with Gasteiger partial charge in [-0.3, -0.25) is 19.3 Å². The van der Waals surface area contributed by atoms with Gasteiger partial charge in [0.1, 0.15) is 0 Å². The van der Waals surface area contributed by atoms with Gasteiger partial charge in [-0.25, -0.2) is 0 Å². The molecule has 0 spiro atoms. The molecular formula is C20H20N2O3. The van der Waals surface area contributed by atoms with Gasteiger partial charge in [-0.05, 0) is 29.7 Å². The van der Waals surface area contributed by atoms with Gasteiger partial charge in [0.15, 0.2) is 0 Å².